The Balaban J connectivity index is 2.70. The molecule has 0 radical (unpaired) electrons. The molecular weight excluding hydrogens is 219 g/mol. The summed E-state index contributed by atoms with van der Waals surface area (Å²) in [5, 5.41) is 2.52. The van der Waals surface area contributed by atoms with Gasteiger partial charge in [-0.05, 0) is 37.0 Å². The molecule has 0 aliphatic carbocycles. The summed E-state index contributed by atoms with van der Waals surface area (Å²) in [5.41, 5.74) is 6.80. The molecule has 0 saturated heterocycles. The molecule has 1 aromatic rings. The molecule has 1 rings (SSSR count). The summed E-state index contributed by atoms with van der Waals surface area (Å²) in [4.78, 5) is 11.7. The van der Waals surface area contributed by atoms with Crippen LogP contribution in [0.15, 0.2) is 18.2 Å². The molecular formula is C13H19FN2O. The molecule has 0 saturated carbocycles. The maximum absolute atomic E-state index is 13.4. The molecule has 0 aromatic heterocycles. The molecule has 4 heteroatoms. The minimum absolute atomic E-state index is 0.189. The van der Waals surface area contributed by atoms with E-state index in [0.29, 0.717) is 12.3 Å². The van der Waals surface area contributed by atoms with E-state index in [0.717, 1.165) is 5.56 Å². The average molecular weight is 238 g/mol. The average Bonchev–Trinajstić information content (AvgIpc) is 2.22. The van der Waals surface area contributed by atoms with Gasteiger partial charge in [-0.2, -0.15) is 0 Å². The number of nitrogens with two attached hydrogens (primary N) is 1. The highest BCUT2D eigenvalue weighted by Gasteiger charge is 2.16. The molecule has 1 amide bonds. The van der Waals surface area contributed by atoms with Gasteiger partial charge in [-0.15, -0.1) is 0 Å². The number of rotatable bonds is 4. The number of halogens is 1. The van der Waals surface area contributed by atoms with Gasteiger partial charge in [-0.1, -0.05) is 19.9 Å². The van der Waals surface area contributed by atoms with Crippen molar-refractivity contribution in [3.8, 4) is 0 Å². The van der Waals surface area contributed by atoms with E-state index in [4.69, 9.17) is 5.73 Å². The third-order valence-electron chi connectivity index (χ3n) is 2.44. The Bertz CT molecular complexity index is 404. The van der Waals surface area contributed by atoms with Crippen LogP contribution >= 0.6 is 0 Å². The van der Waals surface area contributed by atoms with Gasteiger partial charge in [-0.25, -0.2) is 4.39 Å². The van der Waals surface area contributed by atoms with E-state index in [9.17, 15) is 9.18 Å². The van der Waals surface area contributed by atoms with Gasteiger partial charge in [0.1, 0.15) is 5.82 Å². The predicted molar refractivity (Wildman–Crippen MR) is 67.2 cm³/mol. The van der Waals surface area contributed by atoms with E-state index in [2.05, 4.69) is 5.32 Å². The summed E-state index contributed by atoms with van der Waals surface area (Å²) in [7, 11) is 0. The van der Waals surface area contributed by atoms with Gasteiger partial charge < -0.3 is 11.1 Å². The second kappa shape index (κ2) is 5.77. The number of anilines is 1. The molecule has 0 heterocycles. The zero-order chi connectivity index (χ0) is 13.0. The first kappa shape index (κ1) is 13.6. The van der Waals surface area contributed by atoms with Crippen LogP contribution in [0.2, 0.25) is 0 Å². The Hall–Kier alpha value is -1.42. The number of amides is 1. The van der Waals surface area contributed by atoms with Gasteiger partial charge in [0.15, 0.2) is 0 Å². The van der Waals surface area contributed by atoms with Gasteiger partial charge in [0.05, 0.1) is 11.7 Å². The van der Waals surface area contributed by atoms with Crippen molar-refractivity contribution >= 4 is 11.6 Å². The Labute approximate surface area is 101 Å². The van der Waals surface area contributed by atoms with E-state index in [-0.39, 0.29) is 11.6 Å². The van der Waals surface area contributed by atoms with Crippen molar-refractivity contribution in [1.82, 2.24) is 0 Å². The van der Waals surface area contributed by atoms with Crippen molar-refractivity contribution < 1.29 is 9.18 Å². The standard InChI is InChI=1S/C13H19FN2O/c1-8(2)6-11(15)13(17)16-12-7-9(3)4-5-10(12)14/h4-5,7-8,11H,6,15H2,1-3H3,(H,16,17)/t11-/m1/s1. The fraction of sp³-hybridized carbons (Fsp3) is 0.462. The maximum Gasteiger partial charge on any atom is 0.241 e. The number of carbonyl (C=O) groups excluding carboxylic acids is 1. The zero-order valence-corrected chi connectivity index (χ0v) is 10.5. The highest BCUT2D eigenvalue weighted by Crippen LogP contribution is 2.16. The lowest BCUT2D eigenvalue weighted by Crippen LogP contribution is -2.36. The molecule has 0 aliphatic rings. The summed E-state index contributed by atoms with van der Waals surface area (Å²) in [6, 6.07) is 3.97. The smallest absolute Gasteiger partial charge is 0.241 e. The first-order valence-electron chi connectivity index (χ1n) is 5.72. The molecule has 0 aliphatic heterocycles. The third-order valence-corrected chi connectivity index (χ3v) is 2.44. The number of benzene rings is 1. The maximum atomic E-state index is 13.4. The van der Waals surface area contributed by atoms with Crippen LogP contribution in [0.25, 0.3) is 0 Å². The topological polar surface area (TPSA) is 55.1 Å². The van der Waals surface area contributed by atoms with Crippen LogP contribution in [-0.4, -0.2) is 11.9 Å². The molecule has 94 valence electrons. The Morgan fingerprint density at radius 1 is 1.47 bits per heavy atom. The number of hydrogen-bond acceptors (Lipinski definition) is 2. The van der Waals surface area contributed by atoms with Crippen LogP contribution in [-0.2, 0) is 4.79 Å². The Morgan fingerprint density at radius 3 is 2.71 bits per heavy atom. The first-order valence-corrected chi connectivity index (χ1v) is 5.72. The van der Waals surface area contributed by atoms with Crippen LogP contribution in [0.3, 0.4) is 0 Å². The SMILES string of the molecule is Cc1ccc(F)c(NC(=O)[C@H](N)CC(C)C)c1. The van der Waals surface area contributed by atoms with Crippen molar-refractivity contribution in [2.75, 3.05) is 5.32 Å². The van der Waals surface area contributed by atoms with Crippen molar-refractivity contribution in [2.24, 2.45) is 11.7 Å². The first-order chi connectivity index (χ1) is 7.90. The van der Waals surface area contributed by atoms with Gasteiger partial charge >= 0.3 is 0 Å². The lowest BCUT2D eigenvalue weighted by molar-refractivity contribution is -0.117. The van der Waals surface area contributed by atoms with Crippen LogP contribution in [0, 0.1) is 18.7 Å². The normalized spacial score (nSPS) is 12.6. The predicted octanol–water partition coefficient (Wildman–Crippen LogP) is 2.45. The zero-order valence-electron chi connectivity index (χ0n) is 10.5. The van der Waals surface area contributed by atoms with Gasteiger partial charge in [-0.3, -0.25) is 4.79 Å². The second-order valence-corrected chi connectivity index (χ2v) is 4.71. The molecule has 17 heavy (non-hydrogen) atoms. The second-order valence-electron chi connectivity index (χ2n) is 4.71. The highest BCUT2D eigenvalue weighted by molar-refractivity contribution is 5.94. The van der Waals surface area contributed by atoms with E-state index in [1.165, 1.54) is 6.07 Å². The number of nitrogens with one attached hydrogen (secondary N) is 1. The lowest BCUT2D eigenvalue weighted by atomic mass is 10.0. The molecule has 0 bridgehead atoms. The summed E-state index contributed by atoms with van der Waals surface area (Å²) >= 11 is 0. The van der Waals surface area contributed by atoms with Crippen molar-refractivity contribution in [3.63, 3.8) is 0 Å². The van der Waals surface area contributed by atoms with Crippen LogP contribution < -0.4 is 11.1 Å². The Morgan fingerprint density at radius 2 is 2.12 bits per heavy atom. The van der Waals surface area contributed by atoms with E-state index >= 15 is 0 Å². The van der Waals surface area contributed by atoms with Gasteiger partial charge in [0.2, 0.25) is 5.91 Å². The van der Waals surface area contributed by atoms with Gasteiger partial charge in [0.25, 0.3) is 0 Å². The van der Waals surface area contributed by atoms with Crippen LogP contribution in [0.5, 0.6) is 0 Å². The highest BCUT2D eigenvalue weighted by atomic mass is 19.1. The lowest BCUT2D eigenvalue weighted by Gasteiger charge is -2.14. The third kappa shape index (κ3) is 4.15. The number of aryl methyl sites for hydroxylation is 1. The van der Waals surface area contributed by atoms with Crippen molar-refractivity contribution in [3.05, 3.63) is 29.6 Å². The number of hydrogen-bond donors (Lipinski definition) is 2. The molecule has 0 fully saturated rings. The van der Waals surface area contributed by atoms with E-state index in [1.807, 2.05) is 20.8 Å². The largest absolute Gasteiger partial charge is 0.322 e. The van der Waals surface area contributed by atoms with Gasteiger partial charge in [0, 0.05) is 0 Å². The van der Waals surface area contributed by atoms with Crippen LogP contribution in [0.4, 0.5) is 10.1 Å². The van der Waals surface area contributed by atoms with Crippen LogP contribution in [0.1, 0.15) is 25.8 Å². The molecule has 0 unspecified atom stereocenters. The Kier molecular flexibility index (Phi) is 4.63. The molecule has 1 atom stereocenters. The minimum atomic E-state index is -0.602. The quantitative estimate of drug-likeness (QED) is 0.846. The summed E-state index contributed by atoms with van der Waals surface area (Å²) < 4.78 is 13.4. The molecule has 3 nitrogen and oxygen atoms in total. The monoisotopic (exact) mass is 238 g/mol. The molecule has 1 aromatic carbocycles. The van der Waals surface area contributed by atoms with E-state index in [1.54, 1.807) is 12.1 Å². The summed E-state index contributed by atoms with van der Waals surface area (Å²) in [5.74, 6) is -0.456. The van der Waals surface area contributed by atoms with E-state index < -0.39 is 11.9 Å². The number of carbonyl (C=O) groups is 1. The fourth-order valence-corrected chi connectivity index (χ4v) is 1.58. The molecule has 0 spiro atoms. The summed E-state index contributed by atoms with van der Waals surface area (Å²) in [6.45, 7) is 5.81. The summed E-state index contributed by atoms with van der Waals surface area (Å²) in [6.07, 6.45) is 0.583. The minimum Gasteiger partial charge on any atom is -0.322 e. The fourth-order valence-electron chi connectivity index (χ4n) is 1.58. The molecule has 3 N–H and O–H groups in total. The van der Waals surface area contributed by atoms with Crippen molar-refractivity contribution in [2.45, 2.75) is 33.2 Å². The van der Waals surface area contributed by atoms with Crippen molar-refractivity contribution in [1.29, 1.82) is 0 Å².